The molecule has 29 heavy (non-hydrogen) atoms. The molecule has 2 aromatic rings. The van der Waals surface area contributed by atoms with Gasteiger partial charge in [0.15, 0.2) is 9.84 Å². The number of sulfone groups is 1. The molecule has 1 aliphatic heterocycles. The molecule has 0 aromatic heterocycles. The van der Waals surface area contributed by atoms with Crippen molar-refractivity contribution >= 4 is 25.8 Å². The third kappa shape index (κ3) is 4.84. The smallest absolute Gasteiger partial charge is 0.261 e. The minimum atomic E-state index is -3.60. The lowest BCUT2D eigenvalue weighted by molar-refractivity contribution is -0.133. The van der Waals surface area contributed by atoms with Gasteiger partial charge in [0.05, 0.1) is 10.6 Å². The van der Waals surface area contributed by atoms with Crippen LogP contribution in [0.15, 0.2) is 53.4 Å². The van der Waals surface area contributed by atoms with Crippen molar-refractivity contribution in [2.24, 2.45) is 0 Å². The molecule has 10 heteroatoms. The largest absolute Gasteiger partial charge is 0.289 e. The van der Waals surface area contributed by atoms with E-state index >= 15 is 0 Å². The maximum atomic E-state index is 12.4. The molecule has 0 bridgehead atoms. The van der Waals surface area contributed by atoms with Crippen molar-refractivity contribution in [3.63, 3.8) is 0 Å². The molecule has 1 amide bonds. The summed E-state index contributed by atoms with van der Waals surface area (Å²) in [5, 5.41) is 8.91. The number of sulfonamides is 1. The fourth-order valence-corrected chi connectivity index (χ4v) is 5.67. The minimum absolute atomic E-state index is 0.0215. The normalized spacial score (nSPS) is 19.6. The van der Waals surface area contributed by atoms with E-state index in [4.69, 9.17) is 5.21 Å². The lowest BCUT2D eigenvalue weighted by Gasteiger charge is -2.33. The topological polar surface area (TPSA) is 121 Å². The highest BCUT2D eigenvalue weighted by atomic mass is 32.2. The van der Waals surface area contributed by atoms with E-state index in [1.54, 1.807) is 29.7 Å². The Morgan fingerprint density at radius 2 is 1.66 bits per heavy atom. The summed E-state index contributed by atoms with van der Waals surface area (Å²) in [6.45, 7) is 0.0215. The summed E-state index contributed by atoms with van der Waals surface area (Å²) in [5.74, 6) is -0.775. The predicted octanol–water partition coefficient (Wildman–Crippen LogP) is 1.56. The number of hydrogen-bond donors (Lipinski definition) is 2. The summed E-state index contributed by atoms with van der Waals surface area (Å²) in [7, 11) is -6.87. The van der Waals surface area contributed by atoms with Gasteiger partial charge in [0.2, 0.25) is 10.0 Å². The van der Waals surface area contributed by atoms with Gasteiger partial charge in [-0.2, -0.15) is 4.31 Å². The molecule has 0 aliphatic carbocycles. The van der Waals surface area contributed by atoms with Crippen LogP contribution in [-0.2, 0) is 31.2 Å². The lowest BCUT2D eigenvalue weighted by Crippen LogP contribution is -2.51. The molecule has 1 fully saturated rings. The zero-order chi connectivity index (χ0) is 21.2. The van der Waals surface area contributed by atoms with Gasteiger partial charge in [-0.1, -0.05) is 36.4 Å². The van der Waals surface area contributed by atoms with Crippen LogP contribution in [0.4, 0.5) is 0 Å². The fraction of sp³-hybridized carbons (Fsp3) is 0.316. The van der Waals surface area contributed by atoms with Gasteiger partial charge < -0.3 is 0 Å². The first kappa shape index (κ1) is 21.4. The van der Waals surface area contributed by atoms with Gasteiger partial charge in [-0.25, -0.2) is 22.3 Å². The molecule has 1 heterocycles. The van der Waals surface area contributed by atoms with Crippen LogP contribution in [0, 0.1) is 0 Å². The standard InChI is InChI=1S/C19H22N2O6S2/c1-28(24,25)17-10-8-16(9-11-17)15-6-4-14(5-7-15)13-21-18(19(22)20-23)3-2-12-29(21,26)27/h4-11,18,23H,2-3,12-13H2,1H3,(H,20,22)/t18-/m1/s1. The summed E-state index contributed by atoms with van der Waals surface area (Å²) in [6.07, 6.45) is 1.85. The van der Waals surface area contributed by atoms with Gasteiger partial charge in [-0.3, -0.25) is 10.0 Å². The van der Waals surface area contributed by atoms with E-state index in [1.165, 1.54) is 12.1 Å². The first-order valence-electron chi connectivity index (χ1n) is 8.95. The molecule has 8 nitrogen and oxygen atoms in total. The molecule has 1 saturated heterocycles. The predicted molar refractivity (Wildman–Crippen MR) is 107 cm³/mol. The summed E-state index contributed by atoms with van der Waals surface area (Å²) in [5.41, 5.74) is 3.92. The average Bonchev–Trinajstić information content (AvgIpc) is 2.68. The monoisotopic (exact) mass is 438 g/mol. The van der Waals surface area contributed by atoms with Crippen molar-refractivity contribution in [1.82, 2.24) is 9.79 Å². The lowest BCUT2D eigenvalue weighted by atomic mass is 10.0. The number of carbonyl (C=O) groups is 1. The summed E-state index contributed by atoms with van der Waals surface area (Å²) in [6, 6.07) is 12.7. The molecular formula is C19H22N2O6S2. The number of carbonyl (C=O) groups excluding carboxylic acids is 1. The van der Waals surface area contributed by atoms with Crippen LogP contribution in [0.3, 0.4) is 0 Å². The maximum absolute atomic E-state index is 12.4. The van der Waals surface area contributed by atoms with Gasteiger partial charge in [-0.05, 0) is 41.7 Å². The second-order valence-electron chi connectivity index (χ2n) is 6.99. The highest BCUT2D eigenvalue weighted by Gasteiger charge is 2.38. The second kappa shape index (κ2) is 8.23. The van der Waals surface area contributed by atoms with Gasteiger partial charge in [-0.15, -0.1) is 0 Å². The van der Waals surface area contributed by atoms with Crippen LogP contribution in [0.5, 0.6) is 0 Å². The Hall–Kier alpha value is -2.27. The Bertz CT molecular complexity index is 1090. The Kier molecular flexibility index (Phi) is 6.08. The quantitative estimate of drug-likeness (QED) is 0.540. The molecule has 156 valence electrons. The third-order valence-electron chi connectivity index (χ3n) is 4.91. The van der Waals surface area contributed by atoms with Gasteiger partial charge in [0.25, 0.3) is 5.91 Å². The number of benzene rings is 2. The number of hydroxylamine groups is 1. The van der Waals surface area contributed by atoms with E-state index in [2.05, 4.69) is 0 Å². The molecule has 0 saturated carbocycles. The summed E-state index contributed by atoms with van der Waals surface area (Å²) in [4.78, 5) is 12.1. The van der Waals surface area contributed by atoms with Crippen LogP contribution in [0.2, 0.25) is 0 Å². The molecule has 0 spiro atoms. The van der Waals surface area contributed by atoms with Crippen LogP contribution < -0.4 is 5.48 Å². The van der Waals surface area contributed by atoms with Gasteiger partial charge in [0.1, 0.15) is 6.04 Å². The van der Waals surface area contributed by atoms with Gasteiger partial charge in [0, 0.05) is 12.8 Å². The third-order valence-corrected chi connectivity index (χ3v) is 7.94. The number of rotatable bonds is 5. The zero-order valence-corrected chi connectivity index (χ0v) is 17.4. The maximum Gasteiger partial charge on any atom is 0.261 e. The molecule has 1 atom stereocenters. The van der Waals surface area contributed by atoms with E-state index in [1.807, 2.05) is 12.1 Å². The number of hydrogen-bond acceptors (Lipinski definition) is 6. The van der Waals surface area contributed by atoms with Crippen molar-refractivity contribution in [1.29, 1.82) is 0 Å². The van der Waals surface area contributed by atoms with Crippen LogP contribution >= 0.6 is 0 Å². The highest BCUT2D eigenvalue weighted by Crippen LogP contribution is 2.26. The van der Waals surface area contributed by atoms with E-state index in [0.29, 0.717) is 18.4 Å². The molecule has 1 aliphatic rings. The molecule has 0 radical (unpaired) electrons. The summed E-state index contributed by atoms with van der Waals surface area (Å²) >= 11 is 0. The SMILES string of the molecule is CS(=O)(=O)c1ccc(-c2ccc(CN3[C@@H](C(=O)NO)CCCS3(=O)=O)cc2)cc1. The molecule has 0 unspecified atom stereocenters. The Labute approximate surface area is 170 Å². The average molecular weight is 439 g/mol. The zero-order valence-electron chi connectivity index (χ0n) is 15.8. The molecule has 3 rings (SSSR count). The second-order valence-corrected chi connectivity index (χ2v) is 11.0. The van der Waals surface area contributed by atoms with Crippen LogP contribution in [-0.4, -0.2) is 50.3 Å². The van der Waals surface area contributed by atoms with Crippen LogP contribution in [0.1, 0.15) is 18.4 Å². The molecule has 2 N–H and O–H groups in total. The van der Waals surface area contributed by atoms with E-state index in [-0.39, 0.29) is 17.2 Å². The van der Waals surface area contributed by atoms with Crippen molar-refractivity contribution in [2.75, 3.05) is 12.0 Å². The van der Waals surface area contributed by atoms with Crippen molar-refractivity contribution in [3.8, 4) is 11.1 Å². The van der Waals surface area contributed by atoms with E-state index in [0.717, 1.165) is 21.7 Å². The summed E-state index contributed by atoms with van der Waals surface area (Å²) < 4.78 is 49.1. The van der Waals surface area contributed by atoms with Crippen molar-refractivity contribution in [2.45, 2.75) is 30.3 Å². The minimum Gasteiger partial charge on any atom is -0.289 e. The number of amides is 1. The molecular weight excluding hydrogens is 416 g/mol. The van der Waals surface area contributed by atoms with E-state index < -0.39 is 31.8 Å². The van der Waals surface area contributed by atoms with Crippen molar-refractivity contribution < 1.29 is 26.8 Å². The highest BCUT2D eigenvalue weighted by molar-refractivity contribution is 7.90. The van der Waals surface area contributed by atoms with Crippen LogP contribution in [0.25, 0.3) is 11.1 Å². The first-order valence-corrected chi connectivity index (χ1v) is 12.4. The number of nitrogens with zero attached hydrogens (tertiary/aromatic N) is 1. The van der Waals surface area contributed by atoms with Gasteiger partial charge >= 0.3 is 0 Å². The molecule has 2 aromatic carbocycles. The first-order chi connectivity index (χ1) is 13.6. The Morgan fingerprint density at radius 1 is 1.10 bits per heavy atom. The van der Waals surface area contributed by atoms with E-state index in [9.17, 15) is 21.6 Å². The Morgan fingerprint density at radius 3 is 2.17 bits per heavy atom. The van der Waals surface area contributed by atoms with Crippen molar-refractivity contribution in [3.05, 3.63) is 54.1 Å². The number of nitrogens with one attached hydrogen (secondary N) is 1. The Balaban J connectivity index is 1.81. The fourth-order valence-electron chi connectivity index (χ4n) is 3.34.